The van der Waals surface area contributed by atoms with Gasteiger partial charge in [-0.25, -0.2) is 0 Å². The van der Waals surface area contributed by atoms with E-state index in [-0.39, 0.29) is 17.9 Å². The molecule has 1 saturated carbocycles. The quantitative estimate of drug-likeness (QED) is 0.659. The van der Waals surface area contributed by atoms with Gasteiger partial charge in [0.05, 0.1) is 11.5 Å². The van der Waals surface area contributed by atoms with Crippen LogP contribution in [0.5, 0.6) is 0 Å². The standard InChI is InChI=1S/C13H23N3O2/c1-13(2,12(14)18)7-16-11(17)10-9-5-3-4-8(9)6-15-10/h8-10,15H,3-7H2,1-2H3,(H2,14,18)(H,16,17). The second kappa shape index (κ2) is 4.88. The summed E-state index contributed by atoms with van der Waals surface area (Å²) in [5, 5.41) is 6.15. The number of amides is 2. The third-order valence-electron chi connectivity index (χ3n) is 4.40. The van der Waals surface area contributed by atoms with Crippen molar-refractivity contribution in [3.63, 3.8) is 0 Å². The molecule has 2 aliphatic rings. The van der Waals surface area contributed by atoms with Crippen LogP contribution < -0.4 is 16.4 Å². The highest BCUT2D eigenvalue weighted by Gasteiger charge is 2.42. The maximum Gasteiger partial charge on any atom is 0.237 e. The molecule has 102 valence electrons. The van der Waals surface area contributed by atoms with Crippen LogP contribution in [0, 0.1) is 17.3 Å². The van der Waals surface area contributed by atoms with Gasteiger partial charge >= 0.3 is 0 Å². The van der Waals surface area contributed by atoms with Crippen molar-refractivity contribution in [1.29, 1.82) is 0 Å². The Kier molecular flexibility index (Phi) is 3.61. The first-order valence-electron chi connectivity index (χ1n) is 6.73. The Labute approximate surface area is 108 Å². The van der Waals surface area contributed by atoms with E-state index < -0.39 is 5.41 Å². The van der Waals surface area contributed by atoms with E-state index in [0.29, 0.717) is 18.4 Å². The summed E-state index contributed by atoms with van der Waals surface area (Å²) in [6.45, 7) is 4.74. The maximum absolute atomic E-state index is 12.1. The fourth-order valence-corrected chi connectivity index (χ4v) is 2.98. The van der Waals surface area contributed by atoms with E-state index in [9.17, 15) is 9.59 Å². The number of fused-ring (bicyclic) bond motifs is 1. The molecule has 1 heterocycles. The lowest BCUT2D eigenvalue weighted by Gasteiger charge is -2.23. The van der Waals surface area contributed by atoms with Crippen molar-refractivity contribution >= 4 is 11.8 Å². The van der Waals surface area contributed by atoms with Gasteiger partial charge in [-0.1, -0.05) is 6.42 Å². The SMILES string of the molecule is CC(C)(CNC(=O)C1NCC2CCCC21)C(N)=O. The van der Waals surface area contributed by atoms with E-state index in [2.05, 4.69) is 10.6 Å². The first-order chi connectivity index (χ1) is 8.42. The molecule has 0 aromatic heterocycles. The molecule has 0 aromatic carbocycles. The zero-order valence-corrected chi connectivity index (χ0v) is 11.2. The van der Waals surface area contributed by atoms with E-state index in [0.717, 1.165) is 13.0 Å². The van der Waals surface area contributed by atoms with E-state index in [1.807, 2.05) is 0 Å². The van der Waals surface area contributed by atoms with Crippen LogP contribution in [0.1, 0.15) is 33.1 Å². The maximum atomic E-state index is 12.1. The lowest BCUT2D eigenvalue weighted by Crippen LogP contribution is -2.49. The van der Waals surface area contributed by atoms with E-state index in [1.54, 1.807) is 13.8 Å². The van der Waals surface area contributed by atoms with Crippen LogP contribution in [-0.2, 0) is 9.59 Å². The fraction of sp³-hybridized carbons (Fsp3) is 0.846. The highest BCUT2D eigenvalue weighted by atomic mass is 16.2. The van der Waals surface area contributed by atoms with Crippen molar-refractivity contribution in [1.82, 2.24) is 10.6 Å². The lowest BCUT2D eigenvalue weighted by atomic mass is 9.91. The van der Waals surface area contributed by atoms with Crippen molar-refractivity contribution < 1.29 is 9.59 Å². The van der Waals surface area contributed by atoms with E-state index in [1.165, 1.54) is 12.8 Å². The Morgan fingerprint density at radius 2 is 2.11 bits per heavy atom. The Morgan fingerprint density at radius 1 is 1.39 bits per heavy atom. The van der Waals surface area contributed by atoms with Crippen molar-refractivity contribution in [2.45, 2.75) is 39.2 Å². The Hall–Kier alpha value is -1.10. The zero-order chi connectivity index (χ0) is 13.3. The van der Waals surface area contributed by atoms with Gasteiger partial charge in [0.1, 0.15) is 0 Å². The number of primary amides is 1. The molecular formula is C13H23N3O2. The number of rotatable bonds is 4. The molecule has 0 spiro atoms. The van der Waals surface area contributed by atoms with Gasteiger partial charge in [0, 0.05) is 6.54 Å². The molecule has 4 N–H and O–H groups in total. The first kappa shape index (κ1) is 13.3. The molecular weight excluding hydrogens is 230 g/mol. The summed E-state index contributed by atoms with van der Waals surface area (Å²) in [4.78, 5) is 23.3. The molecule has 2 rings (SSSR count). The summed E-state index contributed by atoms with van der Waals surface area (Å²) in [5.41, 5.74) is 4.60. The van der Waals surface area contributed by atoms with Gasteiger partial charge in [-0.15, -0.1) is 0 Å². The summed E-state index contributed by atoms with van der Waals surface area (Å²) >= 11 is 0. The van der Waals surface area contributed by atoms with E-state index >= 15 is 0 Å². The van der Waals surface area contributed by atoms with Crippen LogP contribution >= 0.6 is 0 Å². The van der Waals surface area contributed by atoms with Gasteiger partial charge in [-0.2, -0.15) is 0 Å². The molecule has 0 radical (unpaired) electrons. The number of nitrogens with one attached hydrogen (secondary N) is 2. The summed E-state index contributed by atoms with van der Waals surface area (Å²) in [7, 11) is 0. The third kappa shape index (κ3) is 2.51. The summed E-state index contributed by atoms with van der Waals surface area (Å²) in [6, 6.07) is -0.0822. The van der Waals surface area contributed by atoms with Crippen molar-refractivity contribution in [3.05, 3.63) is 0 Å². The Bertz CT molecular complexity index is 354. The minimum absolute atomic E-state index is 0.0127. The van der Waals surface area contributed by atoms with Gasteiger partial charge in [-0.3, -0.25) is 9.59 Å². The van der Waals surface area contributed by atoms with Crippen molar-refractivity contribution in [2.75, 3.05) is 13.1 Å². The predicted molar refractivity (Wildman–Crippen MR) is 68.6 cm³/mol. The van der Waals surface area contributed by atoms with Gasteiger partial charge in [0.25, 0.3) is 0 Å². The van der Waals surface area contributed by atoms with Crippen LogP contribution in [0.15, 0.2) is 0 Å². The van der Waals surface area contributed by atoms with Gasteiger partial charge in [0.15, 0.2) is 0 Å². The minimum Gasteiger partial charge on any atom is -0.369 e. The molecule has 3 atom stereocenters. The molecule has 1 saturated heterocycles. The van der Waals surface area contributed by atoms with Crippen LogP contribution in [0.25, 0.3) is 0 Å². The largest absolute Gasteiger partial charge is 0.369 e. The molecule has 1 aliphatic carbocycles. The molecule has 2 amide bonds. The Balaban J connectivity index is 1.87. The summed E-state index contributed by atoms with van der Waals surface area (Å²) in [6.07, 6.45) is 3.59. The van der Waals surface area contributed by atoms with Crippen molar-refractivity contribution in [3.8, 4) is 0 Å². The smallest absolute Gasteiger partial charge is 0.237 e. The molecule has 2 fully saturated rings. The van der Waals surface area contributed by atoms with Crippen LogP contribution in [0.2, 0.25) is 0 Å². The minimum atomic E-state index is -0.691. The summed E-state index contributed by atoms with van der Waals surface area (Å²) < 4.78 is 0. The molecule has 3 unspecified atom stereocenters. The number of carbonyl (C=O) groups is 2. The predicted octanol–water partition coefficient (Wildman–Crippen LogP) is 0.00220. The first-order valence-corrected chi connectivity index (χ1v) is 6.73. The summed E-state index contributed by atoms with van der Waals surface area (Å²) in [5.74, 6) is 0.756. The highest BCUT2D eigenvalue weighted by Crippen LogP contribution is 2.37. The van der Waals surface area contributed by atoms with Crippen molar-refractivity contribution in [2.24, 2.45) is 23.0 Å². The number of carbonyl (C=O) groups excluding carboxylic acids is 2. The van der Waals surface area contributed by atoms with Gasteiger partial charge < -0.3 is 16.4 Å². The molecule has 0 aromatic rings. The second-order valence-electron chi connectivity index (χ2n) is 6.21. The average Bonchev–Trinajstić information content (AvgIpc) is 2.87. The Morgan fingerprint density at radius 3 is 2.78 bits per heavy atom. The van der Waals surface area contributed by atoms with Gasteiger partial charge in [-0.05, 0) is 45.1 Å². The normalized spacial score (nSPS) is 31.1. The monoisotopic (exact) mass is 253 g/mol. The van der Waals surface area contributed by atoms with Gasteiger partial charge in [0.2, 0.25) is 11.8 Å². The fourth-order valence-electron chi connectivity index (χ4n) is 2.98. The number of hydrogen-bond donors (Lipinski definition) is 3. The van der Waals surface area contributed by atoms with Crippen LogP contribution in [0.3, 0.4) is 0 Å². The number of nitrogens with two attached hydrogens (primary N) is 1. The topological polar surface area (TPSA) is 84.2 Å². The third-order valence-corrected chi connectivity index (χ3v) is 4.40. The number of hydrogen-bond acceptors (Lipinski definition) is 3. The lowest BCUT2D eigenvalue weighted by molar-refractivity contribution is -0.127. The van der Waals surface area contributed by atoms with Crippen LogP contribution in [-0.4, -0.2) is 30.9 Å². The molecule has 0 bridgehead atoms. The molecule has 5 nitrogen and oxygen atoms in total. The second-order valence-corrected chi connectivity index (χ2v) is 6.21. The van der Waals surface area contributed by atoms with E-state index in [4.69, 9.17) is 5.73 Å². The molecule has 18 heavy (non-hydrogen) atoms. The highest BCUT2D eigenvalue weighted by molar-refractivity contribution is 5.84. The van der Waals surface area contributed by atoms with Crippen LogP contribution in [0.4, 0.5) is 0 Å². The molecule has 1 aliphatic heterocycles. The average molecular weight is 253 g/mol. The zero-order valence-electron chi connectivity index (χ0n) is 11.2. The molecule has 5 heteroatoms.